The Morgan fingerprint density at radius 2 is 2.16 bits per heavy atom. The van der Waals surface area contributed by atoms with Crippen LogP contribution in [0.25, 0.3) is 6.08 Å². The number of nitrogens with one attached hydrogen (secondary N) is 1. The van der Waals surface area contributed by atoms with Gasteiger partial charge in [0.15, 0.2) is 0 Å². The van der Waals surface area contributed by atoms with E-state index in [4.69, 9.17) is 5.11 Å². The SMILES string of the molecule is CCC(C)NS(=O)(=O)c1cccc(/C=C/C(=O)O)c1. The summed E-state index contributed by atoms with van der Waals surface area (Å²) in [5, 5.41) is 8.54. The van der Waals surface area contributed by atoms with Gasteiger partial charge in [-0.25, -0.2) is 17.9 Å². The Morgan fingerprint density at radius 3 is 2.74 bits per heavy atom. The molecule has 1 aromatic rings. The normalized spacial score (nSPS) is 13.6. The molecule has 0 fully saturated rings. The number of carbonyl (C=O) groups is 1. The van der Waals surface area contributed by atoms with Crippen LogP contribution in [0, 0.1) is 0 Å². The molecule has 0 aliphatic carbocycles. The average molecular weight is 283 g/mol. The van der Waals surface area contributed by atoms with Gasteiger partial charge in [-0.3, -0.25) is 0 Å². The highest BCUT2D eigenvalue weighted by Gasteiger charge is 2.16. The summed E-state index contributed by atoms with van der Waals surface area (Å²) in [6, 6.07) is 5.98. The lowest BCUT2D eigenvalue weighted by Gasteiger charge is -2.12. The number of hydrogen-bond acceptors (Lipinski definition) is 3. The number of carboxylic acids is 1. The van der Waals surface area contributed by atoms with Crippen molar-refractivity contribution in [2.45, 2.75) is 31.2 Å². The maximum absolute atomic E-state index is 12.0. The minimum atomic E-state index is -3.56. The fourth-order valence-electron chi connectivity index (χ4n) is 1.37. The lowest BCUT2D eigenvalue weighted by molar-refractivity contribution is -0.131. The van der Waals surface area contributed by atoms with Crippen LogP contribution in [0.3, 0.4) is 0 Å². The van der Waals surface area contributed by atoms with Gasteiger partial charge >= 0.3 is 5.97 Å². The van der Waals surface area contributed by atoms with Crippen molar-refractivity contribution in [1.82, 2.24) is 4.72 Å². The third-order valence-electron chi connectivity index (χ3n) is 2.56. The molecular formula is C13H17NO4S. The Bertz CT molecular complexity index is 578. The Kier molecular flexibility index (Phi) is 5.26. The van der Waals surface area contributed by atoms with Gasteiger partial charge in [-0.15, -0.1) is 0 Å². The van der Waals surface area contributed by atoms with E-state index in [1.807, 2.05) is 6.92 Å². The van der Waals surface area contributed by atoms with Gasteiger partial charge < -0.3 is 5.11 Å². The maximum atomic E-state index is 12.0. The average Bonchev–Trinajstić information content (AvgIpc) is 2.36. The molecule has 1 unspecified atom stereocenters. The van der Waals surface area contributed by atoms with E-state index in [1.54, 1.807) is 19.1 Å². The topological polar surface area (TPSA) is 83.5 Å². The highest BCUT2D eigenvalue weighted by Crippen LogP contribution is 2.13. The first-order chi connectivity index (χ1) is 8.85. The first-order valence-corrected chi connectivity index (χ1v) is 7.37. The van der Waals surface area contributed by atoms with E-state index in [9.17, 15) is 13.2 Å². The van der Waals surface area contributed by atoms with E-state index in [0.717, 1.165) is 6.08 Å². The monoisotopic (exact) mass is 283 g/mol. The second kappa shape index (κ2) is 6.49. The minimum absolute atomic E-state index is 0.125. The number of rotatable bonds is 6. The van der Waals surface area contributed by atoms with Gasteiger partial charge in [0.2, 0.25) is 10.0 Å². The molecule has 0 saturated heterocycles. The van der Waals surface area contributed by atoms with E-state index in [2.05, 4.69) is 4.72 Å². The number of hydrogen-bond donors (Lipinski definition) is 2. The fourth-order valence-corrected chi connectivity index (χ4v) is 2.75. The highest BCUT2D eigenvalue weighted by atomic mass is 32.2. The Morgan fingerprint density at radius 1 is 1.47 bits per heavy atom. The van der Waals surface area contributed by atoms with Crippen LogP contribution in [0.4, 0.5) is 0 Å². The zero-order valence-electron chi connectivity index (χ0n) is 10.8. The summed E-state index contributed by atoms with van der Waals surface area (Å²) in [7, 11) is -3.56. The van der Waals surface area contributed by atoms with E-state index in [1.165, 1.54) is 18.2 Å². The van der Waals surface area contributed by atoms with E-state index < -0.39 is 16.0 Å². The molecule has 1 aromatic carbocycles. The number of benzene rings is 1. The molecule has 0 amide bonds. The molecular weight excluding hydrogens is 266 g/mol. The molecule has 19 heavy (non-hydrogen) atoms. The molecule has 5 nitrogen and oxygen atoms in total. The van der Waals surface area contributed by atoms with Crippen LogP contribution in [0.2, 0.25) is 0 Å². The van der Waals surface area contributed by atoms with Gasteiger partial charge in [0.1, 0.15) is 0 Å². The second-order valence-corrected chi connectivity index (χ2v) is 5.89. The van der Waals surface area contributed by atoms with Crippen molar-refractivity contribution >= 4 is 22.1 Å². The van der Waals surface area contributed by atoms with Gasteiger partial charge in [0.05, 0.1) is 4.90 Å². The Labute approximate surface area is 113 Å². The van der Waals surface area contributed by atoms with Gasteiger partial charge in [0.25, 0.3) is 0 Å². The van der Waals surface area contributed by atoms with Gasteiger partial charge in [-0.05, 0) is 37.1 Å². The molecule has 0 spiro atoms. The fraction of sp³-hybridized carbons (Fsp3) is 0.308. The molecule has 0 radical (unpaired) electrons. The van der Waals surface area contributed by atoms with Crippen molar-refractivity contribution in [3.63, 3.8) is 0 Å². The standard InChI is InChI=1S/C13H17NO4S/c1-3-10(2)14-19(17,18)12-6-4-5-11(9-12)7-8-13(15)16/h4-10,14H,3H2,1-2H3,(H,15,16)/b8-7+. The lowest BCUT2D eigenvalue weighted by atomic mass is 10.2. The van der Waals surface area contributed by atoms with Crippen LogP contribution >= 0.6 is 0 Å². The predicted octanol–water partition coefficient (Wildman–Crippen LogP) is 1.86. The summed E-state index contributed by atoms with van der Waals surface area (Å²) in [6.45, 7) is 3.67. The summed E-state index contributed by atoms with van der Waals surface area (Å²) in [5.74, 6) is -1.08. The van der Waals surface area contributed by atoms with Gasteiger partial charge in [0, 0.05) is 12.1 Å². The van der Waals surface area contributed by atoms with Crippen LogP contribution in [-0.4, -0.2) is 25.5 Å². The number of aliphatic carboxylic acids is 1. The van der Waals surface area contributed by atoms with Crippen molar-refractivity contribution in [2.24, 2.45) is 0 Å². The van der Waals surface area contributed by atoms with Crippen LogP contribution in [0.5, 0.6) is 0 Å². The van der Waals surface area contributed by atoms with Crippen molar-refractivity contribution in [3.8, 4) is 0 Å². The van der Waals surface area contributed by atoms with E-state index >= 15 is 0 Å². The molecule has 0 bridgehead atoms. The molecule has 2 N–H and O–H groups in total. The summed E-state index contributed by atoms with van der Waals surface area (Å²) in [6.07, 6.45) is 3.01. The van der Waals surface area contributed by atoms with Gasteiger partial charge in [-0.1, -0.05) is 19.1 Å². The third-order valence-corrected chi connectivity index (χ3v) is 4.14. The first kappa shape index (κ1) is 15.4. The number of sulfonamides is 1. The molecule has 1 rings (SSSR count). The minimum Gasteiger partial charge on any atom is -0.478 e. The van der Waals surface area contributed by atoms with Gasteiger partial charge in [-0.2, -0.15) is 0 Å². The van der Waals surface area contributed by atoms with E-state index in [0.29, 0.717) is 12.0 Å². The Balaban J connectivity index is 3.02. The van der Waals surface area contributed by atoms with Crippen molar-refractivity contribution in [1.29, 1.82) is 0 Å². The summed E-state index contributed by atoms with van der Waals surface area (Å²) < 4.78 is 26.6. The molecule has 0 aliphatic rings. The summed E-state index contributed by atoms with van der Waals surface area (Å²) >= 11 is 0. The number of carboxylic acid groups (broad SMARTS) is 1. The van der Waals surface area contributed by atoms with Crippen molar-refractivity contribution in [3.05, 3.63) is 35.9 Å². The van der Waals surface area contributed by atoms with Crippen LogP contribution < -0.4 is 4.72 Å². The third kappa shape index (κ3) is 4.84. The maximum Gasteiger partial charge on any atom is 0.328 e. The molecule has 0 aliphatic heterocycles. The molecule has 1 atom stereocenters. The molecule has 0 aromatic heterocycles. The first-order valence-electron chi connectivity index (χ1n) is 5.88. The lowest BCUT2D eigenvalue weighted by Crippen LogP contribution is -2.31. The summed E-state index contributed by atoms with van der Waals surface area (Å²) in [5.41, 5.74) is 0.523. The molecule has 104 valence electrons. The molecule has 6 heteroatoms. The smallest absolute Gasteiger partial charge is 0.328 e. The van der Waals surface area contributed by atoms with Crippen molar-refractivity contribution < 1.29 is 18.3 Å². The molecule has 0 saturated carbocycles. The largest absolute Gasteiger partial charge is 0.478 e. The van der Waals surface area contributed by atoms with Crippen LogP contribution in [-0.2, 0) is 14.8 Å². The van der Waals surface area contributed by atoms with Crippen LogP contribution in [0.15, 0.2) is 35.2 Å². The zero-order chi connectivity index (χ0) is 14.5. The highest BCUT2D eigenvalue weighted by molar-refractivity contribution is 7.89. The quantitative estimate of drug-likeness (QED) is 0.781. The van der Waals surface area contributed by atoms with Crippen molar-refractivity contribution in [2.75, 3.05) is 0 Å². The van der Waals surface area contributed by atoms with Crippen LogP contribution in [0.1, 0.15) is 25.8 Å². The summed E-state index contributed by atoms with van der Waals surface area (Å²) in [4.78, 5) is 10.5. The predicted molar refractivity (Wildman–Crippen MR) is 73.2 cm³/mol. The molecule has 0 heterocycles. The van der Waals surface area contributed by atoms with E-state index in [-0.39, 0.29) is 10.9 Å². The Hall–Kier alpha value is -1.66. The second-order valence-electron chi connectivity index (χ2n) is 4.17. The zero-order valence-corrected chi connectivity index (χ0v) is 11.6.